The van der Waals surface area contributed by atoms with Gasteiger partial charge in [0.1, 0.15) is 21.6 Å². The molecule has 9 nitrogen and oxygen atoms in total. The van der Waals surface area contributed by atoms with Gasteiger partial charge in [0, 0.05) is 23.3 Å². The van der Waals surface area contributed by atoms with Crippen LogP contribution >= 0.6 is 23.1 Å². The predicted octanol–water partition coefficient (Wildman–Crippen LogP) is 7.42. The van der Waals surface area contributed by atoms with Gasteiger partial charge in [-0.05, 0) is 67.9 Å². The molecule has 1 N–H and O–H groups in total. The number of aryl methyl sites for hydroxylation is 1. The van der Waals surface area contributed by atoms with Gasteiger partial charge in [0.15, 0.2) is 5.17 Å². The molecule has 0 atom stereocenters. The number of amides is 3. The first-order valence-corrected chi connectivity index (χ1v) is 14.8. The zero-order valence-corrected chi connectivity index (χ0v) is 24.8. The molecule has 1 aliphatic rings. The molecule has 44 heavy (non-hydrogen) atoms. The van der Waals surface area contributed by atoms with E-state index < -0.39 is 18.2 Å². The molecule has 0 bridgehead atoms. The molecule has 3 amide bonds. The molecule has 2 heterocycles. The number of rotatable bonds is 8. The molecule has 228 valence electrons. The second-order valence-electron chi connectivity index (χ2n) is 9.29. The fourth-order valence-corrected chi connectivity index (χ4v) is 5.84. The summed E-state index contributed by atoms with van der Waals surface area (Å²) >= 11 is 2.20. The maximum Gasteiger partial charge on any atom is 0.573 e. The monoisotopic (exact) mass is 645 g/mol. The molecule has 1 saturated heterocycles. The smallest absolute Gasteiger partial charge is 0.406 e. The third-order valence-electron chi connectivity index (χ3n) is 6.12. The Balaban J connectivity index is 1.30. The zero-order valence-electron chi connectivity index (χ0n) is 23.1. The summed E-state index contributed by atoms with van der Waals surface area (Å²) in [7, 11) is 0. The van der Waals surface area contributed by atoms with E-state index in [1.807, 2.05) is 32.0 Å². The number of anilines is 2. The summed E-state index contributed by atoms with van der Waals surface area (Å²) in [6, 6.07) is 13.9. The quantitative estimate of drug-likeness (QED) is 0.199. The summed E-state index contributed by atoms with van der Waals surface area (Å²) in [4.78, 5) is 31.0. The van der Waals surface area contributed by atoms with Gasteiger partial charge in [0.25, 0.3) is 0 Å². The summed E-state index contributed by atoms with van der Waals surface area (Å²) in [5.41, 5.74) is 2.97. The maximum absolute atomic E-state index is 15.0. The Bertz CT molecular complexity index is 1730. The summed E-state index contributed by atoms with van der Waals surface area (Å²) in [5.74, 6) is -1.29. The van der Waals surface area contributed by atoms with Gasteiger partial charge in [-0.1, -0.05) is 35.2 Å². The van der Waals surface area contributed by atoms with Crippen molar-refractivity contribution in [3.63, 3.8) is 0 Å². The molecule has 5 rings (SSSR count). The molecule has 0 unspecified atom stereocenters. The van der Waals surface area contributed by atoms with Crippen LogP contribution in [-0.2, 0) is 16.1 Å². The van der Waals surface area contributed by atoms with Gasteiger partial charge in [-0.3, -0.25) is 9.69 Å². The SMILES string of the molecule is CCOCc1ccc(C)cc1N1C(=O)CSC1=NC(=O)Nc1ccc(-c2nnc(-c3ccc(OC(F)(F)F)cc3)s2)cc1F. The van der Waals surface area contributed by atoms with E-state index in [2.05, 4.69) is 25.2 Å². The number of ether oxygens (including phenoxy) is 2. The van der Waals surface area contributed by atoms with Gasteiger partial charge in [-0.15, -0.1) is 23.4 Å². The Morgan fingerprint density at radius 3 is 2.43 bits per heavy atom. The number of alkyl halides is 3. The number of carbonyl (C=O) groups is 2. The molecule has 0 saturated carbocycles. The molecule has 4 aromatic rings. The number of thioether (sulfide) groups is 1. The van der Waals surface area contributed by atoms with Gasteiger partial charge >= 0.3 is 12.4 Å². The Morgan fingerprint density at radius 1 is 1.05 bits per heavy atom. The van der Waals surface area contributed by atoms with Crippen LogP contribution in [-0.4, -0.2) is 46.0 Å². The van der Waals surface area contributed by atoms with Crippen LogP contribution in [0.15, 0.2) is 65.7 Å². The molecule has 1 aromatic heterocycles. The average Bonchev–Trinajstić information content (AvgIpc) is 3.60. The van der Waals surface area contributed by atoms with Crippen molar-refractivity contribution < 1.29 is 36.6 Å². The van der Waals surface area contributed by atoms with E-state index in [9.17, 15) is 22.8 Å². The highest BCUT2D eigenvalue weighted by atomic mass is 32.2. The van der Waals surface area contributed by atoms with Crippen molar-refractivity contribution in [2.24, 2.45) is 4.99 Å². The van der Waals surface area contributed by atoms with Crippen molar-refractivity contribution in [3.8, 4) is 26.9 Å². The van der Waals surface area contributed by atoms with Crippen LogP contribution in [0, 0.1) is 12.7 Å². The van der Waals surface area contributed by atoms with E-state index in [1.54, 1.807) is 0 Å². The second kappa shape index (κ2) is 13.1. The summed E-state index contributed by atoms with van der Waals surface area (Å²) in [6.07, 6.45) is -4.80. The summed E-state index contributed by atoms with van der Waals surface area (Å²) in [6.45, 7) is 4.51. The highest BCUT2D eigenvalue weighted by molar-refractivity contribution is 8.15. The van der Waals surface area contributed by atoms with Gasteiger partial charge < -0.3 is 14.8 Å². The number of hydrogen-bond acceptors (Lipinski definition) is 8. The van der Waals surface area contributed by atoms with Gasteiger partial charge in [0.2, 0.25) is 5.91 Å². The van der Waals surface area contributed by atoms with Crippen LogP contribution in [0.25, 0.3) is 21.1 Å². The van der Waals surface area contributed by atoms with E-state index in [4.69, 9.17) is 4.74 Å². The van der Waals surface area contributed by atoms with Crippen molar-refractivity contribution in [1.82, 2.24) is 10.2 Å². The topological polar surface area (TPSA) is 106 Å². The highest BCUT2D eigenvalue weighted by Gasteiger charge is 2.32. The third-order valence-corrected chi connectivity index (χ3v) is 8.07. The maximum atomic E-state index is 15.0. The van der Waals surface area contributed by atoms with Crippen LogP contribution in [0.3, 0.4) is 0 Å². The normalized spacial score (nSPS) is 14.4. The second-order valence-corrected chi connectivity index (χ2v) is 11.2. The van der Waals surface area contributed by atoms with E-state index in [-0.39, 0.29) is 34.9 Å². The Kier molecular flexibility index (Phi) is 9.27. The van der Waals surface area contributed by atoms with Crippen LogP contribution in [0.5, 0.6) is 5.75 Å². The van der Waals surface area contributed by atoms with E-state index >= 15 is 4.39 Å². The first-order chi connectivity index (χ1) is 21.0. The lowest BCUT2D eigenvalue weighted by Gasteiger charge is -2.20. The lowest BCUT2D eigenvalue weighted by Crippen LogP contribution is -2.31. The molecule has 1 aliphatic heterocycles. The van der Waals surface area contributed by atoms with Crippen molar-refractivity contribution in [1.29, 1.82) is 0 Å². The number of aromatic nitrogens is 2. The molecule has 3 aromatic carbocycles. The number of urea groups is 1. The van der Waals surface area contributed by atoms with Gasteiger partial charge in [0.05, 0.1) is 23.7 Å². The number of aliphatic imine (C=N–C) groups is 1. The first-order valence-electron chi connectivity index (χ1n) is 13.0. The largest absolute Gasteiger partial charge is 0.573 e. The van der Waals surface area contributed by atoms with Crippen molar-refractivity contribution in [2.75, 3.05) is 22.6 Å². The van der Waals surface area contributed by atoms with Gasteiger partial charge in [-0.2, -0.15) is 4.99 Å². The molecule has 0 radical (unpaired) electrons. The van der Waals surface area contributed by atoms with Crippen molar-refractivity contribution in [3.05, 3.63) is 77.6 Å². The van der Waals surface area contributed by atoms with Crippen molar-refractivity contribution in [2.45, 2.75) is 26.8 Å². The number of hydrogen-bond donors (Lipinski definition) is 1. The number of nitrogens with zero attached hydrogens (tertiary/aromatic N) is 4. The summed E-state index contributed by atoms with van der Waals surface area (Å²) in [5, 5.41) is 11.4. The Morgan fingerprint density at radius 2 is 1.75 bits per heavy atom. The van der Waals surface area contributed by atoms with Gasteiger partial charge in [-0.25, -0.2) is 9.18 Å². The minimum Gasteiger partial charge on any atom is -0.406 e. The zero-order chi connectivity index (χ0) is 31.4. The van der Waals surface area contributed by atoms with Crippen LogP contribution in [0.1, 0.15) is 18.1 Å². The number of benzene rings is 3. The van der Waals surface area contributed by atoms with E-state index in [0.29, 0.717) is 33.4 Å². The number of halogens is 4. The minimum absolute atomic E-state index is 0.0898. The predicted molar refractivity (Wildman–Crippen MR) is 160 cm³/mol. The first kappa shape index (κ1) is 31.1. The molecule has 15 heteroatoms. The standard InChI is InChI=1S/C29H23F4N5O4S2/c1-3-41-14-19-5-4-16(2)12-23(19)38-24(39)15-43-28(38)35-27(40)34-22-11-8-18(13-21(22)30)26-37-36-25(44-26)17-6-9-20(10-7-17)42-29(31,32)33/h4-13H,3,14-15H2,1-2H3,(H,34,40). The van der Waals surface area contributed by atoms with E-state index in [0.717, 1.165) is 46.4 Å². The fraction of sp³-hybridized carbons (Fsp3) is 0.207. The average molecular weight is 646 g/mol. The van der Waals surface area contributed by atoms with Crippen LogP contribution in [0.2, 0.25) is 0 Å². The Hall–Kier alpha value is -4.34. The highest BCUT2D eigenvalue weighted by Crippen LogP contribution is 2.34. The molecular weight excluding hydrogens is 622 g/mol. The lowest BCUT2D eigenvalue weighted by atomic mass is 10.1. The molecule has 1 fully saturated rings. The molecular formula is C29H23F4N5O4S2. The van der Waals surface area contributed by atoms with Crippen molar-refractivity contribution >= 4 is 51.6 Å². The summed E-state index contributed by atoms with van der Waals surface area (Å²) < 4.78 is 61.7. The number of nitrogens with one attached hydrogen (secondary N) is 1. The number of amidine groups is 1. The minimum atomic E-state index is -4.80. The molecule has 0 spiro atoms. The third kappa shape index (κ3) is 7.41. The van der Waals surface area contributed by atoms with Crippen LogP contribution < -0.4 is 15.0 Å². The lowest BCUT2D eigenvalue weighted by molar-refractivity contribution is -0.274. The number of carbonyl (C=O) groups excluding carboxylic acids is 2. The van der Waals surface area contributed by atoms with Crippen LogP contribution in [0.4, 0.5) is 33.7 Å². The molecule has 0 aliphatic carbocycles. The Labute approximate surface area is 256 Å². The fourth-order valence-electron chi connectivity index (χ4n) is 4.13. The van der Waals surface area contributed by atoms with E-state index in [1.165, 1.54) is 35.2 Å².